The number of hydrogen-bond donors (Lipinski definition) is 2. The molecular formula is C20H28ClN3O4. The van der Waals surface area contributed by atoms with Crippen LogP contribution in [0.5, 0.6) is 0 Å². The summed E-state index contributed by atoms with van der Waals surface area (Å²) in [7, 11) is 0. The first kappa shape index (κ1) is 22.0. The van der Waals surface area contributed by atoms with Gasteiger partial charge in [-0.2, -0.15) is 0 Å². The van der Waals surface area contributed by atoms with Crippen molar-refractivity contribution in [3.05, 3.63) is 34.9 Å². The molecule has 1 aliphatic rings. The summed E-state index contributed by atoms with van der Waals surface area (Å²) in [5.74, 6) is -0.144. The molecule has 3 amide bonds. The number of piperidine rings is 1. The molecule has 2 rings (SSSR count). The van der Waals surface area contributed by atoms with Crippen molar-refractivity contribution in [2.24, 2.45) is 0 Å². The summed E-state index contributed by atoms with van der Waals surface area (Å²) in [6, 6.07) is 7.32. The highest BCUT2D eigenvalue weighted by atomic mass is 35.5. The van der Waals surface area contributed by atoms with Gasteiger partial charge in [0.05, 0.1) is 13.0 Å². The zero-order valence-electron chi connectivity index (χ0n) is 16.2. The monoisotopic (exact) mass is 409 g/mol. The Hall–Kier alpha value is -2.28. The molecule has 1 aromatic rings. The van der Waals surface area contributed by atoms with Crippen LogP contribution in [0.15, 0.2) is 24.3 Å². The van der Waals surface area contributed by atoms with Crippen LogP contribution >= 0.6 is 11.6 Å². The van der Waals surface area contributed by atoms with E-state index < -0.39 is 0 Å². The summed E-state index contributed by atoms with van der Waals surface area (Å²) in [5.41, 5.74) is 0.786. The molecule has 1 saturated heterocycles. The zero-order valence-corrected chi connectivity index (χ0v) is 17.0. The van der Waals surface area contributed by atoms with Crippen molar-refractivity contribution in [3.63, 3.8) is 0 Å². The standard InChI is InChI=1S/C20H28ClN3O4/c1-2-28-20(27)24-12-9-16(10-13-24)23-18(25)8-5-11-22-19(26)14-15-6-3-4-7-17(15)21/h3-4,6-7,16H,2,5,8-14H2,1H3,(H,22,26)(H,23,25). The number of amides is 3. The molecule has 1 fully saturated rings. The third-order valence-electron chi connectivity index (χ3n) is 4.60. The Morgan fingerprint density at radius 2 is 1.89 bits per heavy atom. The smallest absolute Gasteiger partial charge is 0.409 e. The van der Waals surface area contributed by atoms with Crippen molar-refractivity contribution < 1.29 is 19.1 Å². The van der Waals surface area contributed by atoms with Crippen molar-refractivity contribution in [1.82, 2.24) is 15.5 Å². The van der Waals surface area contributed by atoms with Gasteiger partial charge in [0.25, 0.3) is 0 Å². The van der Waals surface area contributed by atoms with E-state index >= 15 is 0 Å². The number of carbonyl (C=O) groups is 3. The average Bonchev–Trinajstić information content (AvgIpc) is 2.68. The van der Waals surface area contributed by atoms with Gasteiger partial charge in [0.15, 0.2) is 0 Å². The van der Waals surface area contributed by atoms with Crippen LogP contribution in [0.3, 0.4) is 0 Å². The number of nitrogens with one attached hydrogen (secondary N) is 2. The molecule has 28 heavy (non-hydrogen) atoms. The minimum Gasteiger partial charge on any atom is -0.450 e. The second-order valence-corrected chi connectivity index (χ2v) is 7.16. The van der Waals surface area contributed by atoms with E-state index in [9.17, 15) is 14.4 Å². The lowest BCUT2D eigenvalue weighted by Crippen LogP contribution is -2.46. The fourth-order valence-electron chi connectivity index (χ4n) is 3.07. The maximum atomic E-state index is 12.1. The Kier molecular flexibility index (Phi) is 9.07. The van der Waals surface area contributed by atoms with Crippen LogP contribution < -0.4 is 10.6 Å². The first-order valence-electron chi connectivity index (χ1n) is 9.70. The summed E-state index contributed by atoms with van der Waals surface area (Å²) in [6.45, 7) is 3.76. The second kappa shape index (κ2) is 11.5. The van der Waals surface area contributed by atoms with E-state index in [1.165, 1.54) is 0 Å². The van der Waals surface area contributed by atoms with Crippen LogP contribution in [-0.2, 0) is 20.7 Å². The quantitative estimate of drug-likeness (QED) is 0.646. The number of nitrogens with zero attached hydrogens (tertiary/aromatic N) is 1. The normalized spacial score (nSPS) is 14.4. The topological polar surface area (TPSA) is 87.7 Å². The number of halogens is 1. The van der Waals surface area contributed by atoms with Crippen LogP contribution in [0.2, 0.25) is 5.02 Å². The van der Waals surface area contributed by atoms with Gasteiger partial charge in [0.2, 0.25) is 11.8 Å². The molecule has 0 spiro atoms. The van der Waals surface area contributed by atoms with Crippen LogP contribution in [0, 0.1) is 0 Å². The van der Waals surface area contributed by atoms with Crippen molar-refractivity contribution in [2.45, 2.75) is 45.1 Å². The SMILES string of the molecule is CCOC(=O)N1CCC(NC(=O)CCCNC(=O)Cc2ccccc2Cl)CC1. The molecule has 7 nitrogen and oxygen atoms in total. The summed E-state index contributed by atoms with van der Waals surface area (Å²) < 4.78 is 4.98. The van der Waals surface area contributed by atoms with Crippen molar-refractivity contribution >= 4 is 29.5 Å². The van der Waals surface area contributed by atoms with Crippen LogP contribution in [0.4, 0.5) is 4.79 Å². The van der Waals surface area contributed by atoms with Gasteiger partial charge >= 0.3 is 6.09 Å². The second-order valence-electron chi connectivity index (χ2n) is 6.75. The fourth-order valence-corrected chi connectivity index (χ4v) is 3.28. The molecule has 0 radical (unpaired) electrons. The van der Waals surface area contributed by atoms with E-state index in [1.54, 1.807) is 17.9 Å². The minimum atomic E-state index is -0.292. The van der Waals surface area contributed by atoms with E-state index in [-0.39, 0.29) is 30.4 Å². The van der Waals surface area contributed by atoms with Crippen LogP contribution in [-0.4, -0.2) is 55.1 Å². The Morgan fingerprint density at radius 3 is 2.57 bits per heavy atom. The third-order valence-corrected chi connectivity index (χ3v) is 4.97. The number of likely N-dealkylation sites (tertiary alicyclic amines) is 1. The predicted molar refractivity (Wildman–Crippen MR) is 107 cm³/mol. The van der Waals surface area contributed by atoms with Gasteiger partial charge in [-0.05, 0) is 37.8 Å². The third kappa shape index (κ3) is 7.38. The molecule has 1 heterocycles. The van der Waals surface area contributed by atoms with Crippen molar-refractivity contribution in [1.29, 1.82) is 0 Å². The van der Waals surface area contributed by atoms with Crippen molar-refractivity contribution in [3.8, 4) is 0 Å². The number of hydrogen-bond acceptors (Lipinski definition) is 4. The number of rotatable bonds is 8. The molecule has 0 atom stereocenters. The van der Waals surface area contributed by atoms with Gasteiger partial charge in [-0.15, -0.1) is 0 Å². The molecule has 0 bridgehead atoms. The van der Waals surface area contributed by atoms with Crippen LogP contribution in [0.1, 0.15) is 38.2 Å². The molecule has 0 unspecified atom stereocenters. The molecule has 0 aromatic heterocycles. The first-order valence-corrected chi connectivity index (χ1v) is 10.1. The lowest BCUT2D eigenvalue weighted by Gasteiger charge is -2.31. The number of benzene rings is 1. The van der Waals surface area contributed by atoms with E-state index in [2.05, 4.69) is 10.6 Å². The number of ether oxygens (including phenoxy) is 1. The minimum absolute atomic E-state index is 0.0325. The molecule has 8 heteroatoms. The summed E-state index contributed by atoms with van der Waals surface area (Å²) in [5, 5.41) is 6.38. The zero-order chi connectivity index (χ0) is 20.4. The Morgan fingerprint density at radius 1 is 1.18 bits per heavy atom. The maximum Gasteiger partial charge on any atom is 0.409 e. The van der Waals surface area contributed by atoms with Gasteiger partial charge in [-0.1, -0.05) is 29.8 Å². The molecule has 0 aliphatic carbocycles. The molecule has 154 valence electrons. The highest BCUT2D eigenvalue weighted by Crippen LogP contribution is 2.15. The first-order chi connectivity index (χ1) is 13.5. The summed E-state index contributed by atoms with van der Waals surface area (Å²) >= 11 is 6.04. The van der Waals surface area contributed by atoms with E-state index in [0.717, 1.165) is 18.4 Å². The van der Waals surface area contributed by atoms with Gasteiger partial charge in [0, 0.05) is 37.1 Å². The molecule has 1 aromatic carbocycles. The summed E-state index contributed by atoms with van der Waals surface area (Å²) in [4.78, 5) is 37.3. The predicted octanol–water partition coefficient (Wildman–Crippen LogP) is 2.52. The number of carbonyl (C=O) groups excluding carboxylic acids is 3. The van der Waals surface area contributed by atoms with Crippen LogP contribution in [0.25, 0.3) is 0 Å². The lowest BCUT2D eigenvalue weighted by atomic mass is 10.1. The van der Waals surface area contributed by atoms with E-state index in [4.69, 9.17) is 16.3 Å². The molecule has 0 saturated carbocycles. The lowest BCUT2D eigenvalue weighted by molar-refractivity contribution is -0.123. The Balaban J connectivity index is 1.57. The highest BCUT2D eigenvalue weighted by Gasteiger charge is 2.24. The maximum absolute atomic E-state index is 12.1. The average molecular weight is 410 g/mol. The fraction of sp³-hybridized carbons (Fsp3) is 0.550. The van der Waals surface area contributed by atoms with Gasteiger partial charge in [-0.25, -0.2) is 4.79 Å². The summed E-state index contributed by atoms with van der Waals surface area (Å²) in [6.07, 6.45) is 2.30. The van der Waals surface area contributed by atoms with Crippen molar-refractivity contribution in [2.75, 3.05) is 26.2 Å². The molecule has 1 aliphatic heterocycles. The molecule has 2 N–H and O–H groups in total. The van der Waals surface area contributed by atoms with E-state index in [1.807, 2.05) is 18.2 Å². The van der Waals surface area contributed by atoms with Gasteiger partial charge in [-0.3, -0.25) is 9.59 Å². The Labute approximate surface area is 170 Å². The van der Waals surface area contributed by atoms with E-state index in [0.29, 0.717) is 44.1 Å². The largest absolute Gasteiger partial charge is 0.450 e. The highest BCUT2D eigenvalue weighted by molar-refractivity contribution is 6.31. The molecular weight excluding hydrogens is 382 g/mol. The van der Waals surface area contributed by atoms with Gasteiger partial charge in [0.1, 0.15) is 0 Å². The Bertz CT molecular complexity index is 675. The van der Waals surface area contributed by atoms with Gasteiger partial charge < -0.3 is 20.3 Å².